The maximum Gasteiger partial charge on any atom is 0.333 e. The molecule has 0 heterocycles. The highest BCUT2D eigenvalue weighted by Gasteiger charge is 2.40. The summed E-state index contributed by atoms with van der Waals surface area (Å²) in [6.45, 7) is 6.15. The van der Waals surface area contributed by atoms with Crippen LogP contribution in [0.2, 0.25) is 0 Å². The lowest BCUT2D eigenvalue weighted by atomic mass is 9.86. The Morgan fingerprint density at radius 1 is 1.08 bits per heavy atom. The predicted molar refractivity (Wildman–Crippen MR) is 85.6 cm³/mol. The van der Waals surface area contributed by atoms with Crippen molar-refractivity contribution in [3.63, 3.8) is 0 Å². The molecule has 8 heteroatoms. The number of hydrogen-bond donors (Lipinski definition) is 2. The van der Waals surface area contributed by atoms with Crippen molar-refractivity contribution < 1.29 is 28.6 Å². The van der Waals surface area contributed by atoms with Gasteiger partial charge in [-0.25, -0.2) is 9.59 Å². The highest BCUT2D eigenvalue weighted by molar-refractivity contribution is 5.92. The maximum atomic E-state index is 11.8. The third-order valence-corrected chi connectivity index (χ3v) is 3.78. The average molecular weight is 344 g/mol. The molecule has 0 spiro atoms. The summed E-state index contributed by atoms with van der Waals surface area (Å²) in [5.41, 5.74) is 11.1. The second-order valence-electron chi connectivity index (χ2n) is 7.19. The number of hydrogen-bond acceptors (Lipinski definition) is 8. The summed E-state index contributed by atoms with van der Waals surface area (Å²) in [6, 6.07) is -2.37. The molecule has 8 nitrogen and oxygen atoms in total. The molecule has 0 aromatic rings. The molecule has 0 aromatic heterocycles. The minimum absolute atomic E-state index is 0.00590. The van der Waals surface area contributed by atoms with Gasteiger partial charge >= 0.3 is 17.9 Å². The quantitative estimate of drug-likeness (QED) is 0.469. The van der Waals surface area contributed by atoms with Gasteiger partial charge in [0.2, 0.25) is 0 Å². The molecule has 0 bridgehead atoms. The van der Waals surface area contributed by atoms with Crippen LogP contribution < -0.4 is 11.5 Å². The lowest BCUT2D eigenvalue weighted by molar-refractivity contribution is -0.164. The van der Waals surface area contributed by atoms with Gasteiger partial charge in [0.05, 0.1) is 26.2 Å². The van der Waals surface area contributed by atoms with E-state index < -0.39 is 30.0 Å². The second kappa shape index (κ2) is 8.55. The zero-order valence-corrected chi connectivity index (χ0v) is 14.7. The maximum absolute atomic E-state index is 11.8. The molecule has 1 aliphatic rings. The molecular weight excluding hydrogens is 316 g/mol. The van der Waals surface area contributed by atoms with Crippen molar-refractivity contribution >= 4 is 17.9 Å². The number of esters is 3. The van der Waals surface area contributed by atoms with Gasteiger partial charge in [0, 0.05) is 0 Å². The lowest BCUT2D eigenvalue weighted by Crippen LogP contribution is -2.44. The highest BCUT2D eigenvalue weighted by atomic mass is 16.6. The Morgan fingerprint density at radius 2 is 1.62 bits per heavy atom. The van der Waals surface area contributed by atoms with Gasteiger partial charge < -0.3 is 25.7 Å². The zero-order chi connectivity index (χ0) is 18.5. The molecule has 0 saturated heterocycles. The Morgan fingerprint density at radius 3 is 2.08 bits per heavy atom. The molecule has 1 saturated carbocycles. The minimum Gasteiger partial charge on any atom is -0.469 e. The second-order valence-corrected chi connectivity index (χ2v) is 7.19. The molecule has 1 fully saturated rings. The summed E-state index contributed by atoms with van der Waals surface area (Å²) in [4.78, 5) is 34.5. The van der Waals surface area contributed by atoms with E-state index >= 15 is 0 Å². The monoisotopic (exact) mass is 344 g/mol. The van der Waals surface area contributed by atoms with Crippen molar-refractivity contribution in [1.82, 2.24) is 0 Å². The number of nitrogens with two attached hydrogens (primary N) is 2. The number of carbonyl (C=O) groups excluding carboxylic acids is 3. The van der Waals surface area contributed by atoms with Crippen LogP contribution in [0.25, 0.3) is 0 Å². The Kier molecular flexibility index (Phi) is 7.31. The van der Waals surface area contributed by atoms with Crippen molar-refractivity contribution in [2.75, 3.05) is 13.7 Å². The highest BCUT2D eigenvalue weighted by Crippen LogP contribution is 2.42. The fraction of sp³-hybridized carbons (Fsp3) is 0.812. The topological polar surface area (TPSA) is 131 Å². The third kappa shape index (κ3) is 6.54. The first-order valence-electron chi connectivity index (χ1n) is 8.01. The first kappa shape index (κ1) is 20.5. The number of ether oxygens (including phenoxy) is 3. The van der Waals surface area contributed by atoms with E-state index in [0.717, 1.165) is 12.8 Å². The molecule has 4 N–H and O–H groups in total. The average Bonchev–Trinajstić information content (AvgIpc) is 3.29. The SMILES string of the molecule is COC(=O)C[C@H](N)C(=O)OC(=O)[C@@H](N)COC(C1CC1)C(C)(C)C. The minimum atomic E-state index is -1.27. The molecule has 0 aliphatic heterocycles. The summed E-state index contributed by atoms with van der Waals surface area (Å²) < 4.78 is 14.8. The Balaban J connectivity index is 2.44. The van der Waals surface area contributed by atoms with E-state index in [1.807, 2.05) is 0 Å². The molecule has 0 aromatic carbocycles. The fourth-order valence-corrected chi connectivity index (χ4v) is 2.36. The van der Waals surface area contributed by atoms with Crippen LogP contribution in [-0.2, 0) is 28.6 Å². The van der Waals surface area contributed by atoms with E-state index in [4.69, 9.17) is 16.2 Å². The van der Waals surface area contributed by atoms with E-state index in [1.54, 1.807) is 0 Å². The van der Waals surface area contributed by atoms with Crippen LogP contribution in [0, 0.1) is 11.3 Å². The summed E-state index contributed by atoms with van der Waals surface area (Å²) in [7, 11) is 1.17. The van der Waals surface area contributed by atoms with Gasteiger partial charge in [-0.2, -0.15) is 0 Å². The molecule has 3 atom stereocenters. The largest absolute Gasteiger partial charge is 0.469 e. The van der Waals surface area contributed by atoms with Gasteiger partial charge in [-0.05, 0) is 24.2 Å². The van der Waals surface area contributed by atoms with Crippen LogP contribution in [0.3, 0.4) is 0 Å². The van der Waals surface area contributed by atoms with Crippen molar-refractivity contribution in [1.29, 1.82) is 0 Å². The Bertz CT molecular complexity index is 470. The Hall–Kier alpha value is -1.51. The summed E-state index contributed by atoms with van der Waals surface area (Å²) in [5, 5.41) is 0. The number of rotatable bonds is 8. The van der Waals surface area contributed by atoms with Gasteiger partial charge in [0.1, 0.15) is 12.1 Å². The van der Waals surface area contributed by atoms with Gasteiger partial charge in [0.15, 0.2) is 0 Å². The normalized spacial score (nSPS) is 18.4. The molecule has 0 radical (unpaired) electrons. The fourth-order valence-electron chi connectivity index (χ4n) is 2.36. The summed E-state index contributed by atoms with van der Waals surface area (Å²) >= 11 is 0. The molecular formula is C16H28N2O6. The summed E-state index contributed by atoms with van der Waals surface area (Å²) in [6.07, 6.45) is 1.82. The van der Waals surface area contributed by atoms with Crippen molar-refractivity contribution in [3.05, 3.63) is 0 Å². The van der Waals surface area contributed by atoms with E-state index in [-0.39, 0.29) is 24.5 Å². The smallest absolute Gasteiger partial charge is 0.333 e. The molecule has 0 amide bonds. The Labute approximate surface area is 142 Å². The van der Waals surface area contributed by atoms with E-state index in [9.17, 15) is 14.4 Å². The molecule has 138 valence electrons. The van der Waals surface area contributed by atoms with Crippen LogP contribution >= 0.6 is 0 Å². The number of methoxy groups -OCH3 is 1. The molecule has 1 unspecified atom stereocenters. The van der Waals surface area contributed by atoms with Crippen molar-refractivity contribution in [2.24, 2.45) is 22.8 Å². The van der Waals surface area contributed by atoms with Gasteiger partial charge in [-0.1, -0.05) is 20.8 Å². The van der Waals surface area contributed by atoms with Crippen LogP contribution in [0.4, 0.5) is 0 Å². The van der Waals surface area contributed by atoms with Crippen molar-refractivity contribution in [2.45, 2.75) is 58.2 Å². The first-order chi connectivity index (χ1) is 11.1. The van der Waals surface area contributed by atoms with Gasteiger partial charge in [-0.15, -0.1) is 0 Å². The van der Waals surface area contributed by atoms with Gasteiger partial charge in [0.25, 0.3) is 0 Å². The molecule has 24 heavy (non-hydrogen) atoms. The van der Waals surface area contributed by atoms with E-state index in [2.05, 4.69) is 30.2 Å². The van der Waals surface area contributed by atoms with Gasteiger partial charge in [-0.3, -0.25) is 4.79 Å². The molecule has 1 rings (SSSR count). The van der Waals surface area contributed by atoms with Crippen LogP contribution in [0.15, 0.2) is 0 Å². The number of carbonyl (C=O) groups is 3. The van der Waals surface area contributed by atoms with Crippen LogP contribution in [0.5, 0.6) is 0 Å². The van der Waals surface area contributed by atoms with E-state index in [1.165, 1.54) is 7.11 Å². The molecule has 1 aliphatic carbocycles. The van der Waals surface area contributed by atoms with E-state index in [0.29, 0.717) is 5.92 Å². The lowest BCUT2D eigenvalue weighted by Gasteiger charge is -2.31. The predicted octanol–water partition coefficient (Wildman–Crippen LogP) is 0.115. The van der Waals surface area contributed by atoms with Crippen molar-refractivity contribution in [3.8, 4) is 0 Å². The standard InChI is InChI=1S/C16H28N2O6/c1-16(2,3)13(9-5-6-9)23-8-11(18)15(21)24-14(20)10(17)7-12(19)22-4/h9-11,13H,5-8,17-18H2,1-4H3/t10-,11-,13?/m0/s1. The first-order valence-corrected chi connectivity index (χ1v) is 8.01. The van der Waals surface area contributed by atoms with Crippen LogP contribution in [0.1, 0.15) is 40.0 Å². The third-order valence-electron chi connectivity index (χ3n) is 3.78. The summed E-state index contributed by atoms with van der Waals surface area (Å²) in [5.74, 6) is -2.14. The van der Waals surface area contributed by atoms with Crippen LogP contribution in [-0.4, -0.2) is 49.8 Å². The zero-order valence-electron chi connectivity index (χ0n) is 14.7.